The van der Waals surface area contributed by atoms with Crippen LogP contribution in [0.3, 0.4) is 0 Å². The lowest BCUT2D eigenvalue weighted by molar-refractivity contribution is 0.0696. The van der Waals surface area contributed by atoms with E-state index >= 15 is 0 Å². The van der Waals surface area contributed by atoms with E-state index in [0.29, 0.717) is 11.6 Å². The summed E-state index contributed by atoms with van der Waals surface area (Å²) in [4.78, 5) is 19.6. The molecule has 0 amide bonds. The number of nitrogens with one attached hydrogen (secondary N) is 1. The third-order valence-corrected chi connectivity index (χ3v) is 2.71. The van der Waals surface area contributed by atoms with Gasteiger partial charge in [0.2, 0.25) is 5.95 Å². The van der Waals surface area contributed by atoms with Gasteiger partial charge < -0.3 is 10.4 Å². The maximum atomic E-state index is 11.1. The fourth-order valence-electron chi connectivity index (χ4n) is 1.84. The van der Waals surface area contributed by atoms with Crippen molar-refractivity contribution in [1.29, 1.82) is 0 Å². The highest BCUT2D eigenvalue weighted by Gasteiger charge is 2.08. The SMILES string of the molecule is Cc1cc(C)nc(Nc2ccc(C)c(C(=O)O)c2)n1. The van der Waals surface area contributed by atoms with Crippen molar-refractivity contribution >= 4 is 17.6 Å². The van der Waals surface area contributed by atoms with Gasteiger partial charge in [0, 0.05) is 17.1 Å². The second kappa shape index (κ2) is 5.06. The van der Waals surface area contributed by atoms with E-state index in [4.69, 9.17) is 5.11 Å². The van der Waals surface area contributed by atoms with Gasteiger partial charge in [-0.15, -0.1) is 0 Å². The van der Waals surface area contributed by atoms with Gasteiger partial charge >= 0.3 is 5.97 Å². The molecule has 0 unspecified atom stereocenters. The first-order valence-corrected chi connectivity index (χ1v) is 5.89. The lowest BCUT2D eigenvalue weighted by atomic mass is 10.1. The number of hydrogen-bond acceptors (Lipinski definition) is 4. The number of hydrogen-bond donors (Lipinski definition) is 2. The van der Waals surface area contributed by atoms with Gasteiger partial charge in [-0.05, 0) is 44.5 Å². The van der Waals surface area contributed by atoms with Gasteiger partial charge in [-0.1, -0.05) is 6.07 Å². The van der Waals surface area contributed by atoms with Crippen LogP contribution < -0.4 is 5.32 Å². The van der Waals surface area contributed by atoms with E-state index in [2.05, 4.69) is 15.3 Å². The molecule has 98 valence electrons. The molecule has 1 aromatic carbocycles. The zero-order chi connectivity index (χ0) is 14.0. The molecule has 0 aliphatic carbocycles. The molecule has 0 bridgehead atoms. The highest BCUT2D eigenvalue weighted by molar-refractivity contribution is 5.90. The predicted molar refractivity (Wildman–Crippen MR) is 72.9 cm³/mol. The molecule has 0 aliphatic rings. The third-order valence-electron chi connectivity index (χ3n) is 2.71. The molecule has 0 aliphatic heterocycles. The van der Waals surface area contributed by atoms with Crippen LogP contribution >= 0.6 is 0 Å². The molecule has 0 atom stereocenters. The van der Waals surface area contributed by atoms with Crippen molar-refractivity contribution in [3.05, 3.63) is 46.8 Å². The maximum Gasteiger partial charge on any atom is 0.336 e. The number of aromatic nitrogens is 2. The molecule has 0 saturated carbocycles. The van der Waals surface area contributed by atoms with E-state index in [1.54, 1.807) is 19.1 Å². The molecule has 2 rings (SSSR count). The number of rotatable bonds is 3. The van der Waals surface area contributed by atoms with Crippen LogP contribution in [0.2, 0.25) is 0 Å². The Bertz CT molecular complexity index is 618. The molecule has 0 saturated heterocycles. The number of carboxylic acid groups (broad SMARTS) is 1. The van der Waals surface area contributed by atoms with Gasteiger partial charge in [0.05, 0.1) is 5.56 Å². The first kappa shape index (κ1) is 13.0. The topological polar surface area (TPSA) is 75.1 Å². The number of nitrogens with zero attached hydrogens (tertiary/aromatic N) is 2. The van der Waals surface area contributed by atoms with Gasteiger partial charge in [0.15, 0.2) is 0 Å². The van der Waals surface area contributed by atoms with E-state index in [1.807, 2.05) is 26.0 Å². The zero-order valence-corrected chi connectivity index (χ0v) is 11.1. The van der Waals surface area contributed by atoms with Gasteiger partial charge in [0.1, 0.15) is 0 Å². The normalized spacial score (nSPS) is 10.3. The fourth-order valence-corrected chi connectivity index (χ4v) is 1.84. The van der Waals surface area contributed by atoms with E-state index in [-0.39, 0.29) is 5.56 Å². The van der Waals surface area contributed by atoms with E-state index in [0.717, 1.165) is 17.0 Å². The van der Waals surface area contributed by atoms with E-state index in [9.17, 15) is 4.79 Å². The summed E-state index contributed by atoms with van der Waals surface area (Å²) in [5.74, 6) is -0.472. The van der Waals surface area contributed by atoms with Crippen molar-refractivity contribution < 1.29 is 9.90 Å². The minimum atomic E-state index is -0.942. The Kier molecular flexibility index (Phi) is 3.46. The first-order valence-electron chi connectivity index (χ1n) is 5.89. The van der Waals surface area contributed by atoms with Crippen LogP contribution in [-0.4, -0.2) is 21.0 Å². The van der Waals surface area contributed by atoms with Crippen LogP contribution in [0.25, 0.3) is 0 Å². The second-order valence-corrected chi connectivity index (χ2v) is 4.43. The number of aromatic carboxylic acids is 1. The van der Waals surface area contributed by atoms with Crippen LogP contribution in [0.15, 0.2) is 24.3 Å². The summed E-state index contributed by atoms with van der Waals surface area (Å²) in [5.41, 5.74) is 3.38. The monoisotopic (exact) mass is 257 g/mol. The summed E-state index contributed by atoms with van der Waals surface area (Å²) in [6.07, 6.45) is 0. The van der Waals surface area contributed by atoms with Crippen LogP contribution in [0.5, 0.6) is 0 Å². The molecule has 5 heteroatoms. The van der Waals surface area contributed by atoms with Crippen LogP contribution in [0.1, 0.15) is 27.3 Å². The minimum absolute atomic E-state index is 0.273. The molecular weight excluding hydrogens is 242 g/mol. The summed E-state index contributed by atoms with van der Waals surface area (Å²) in [6.45, 7) is 5.54. The van der Waals surface area contributed by atoms with Crippen LogP contribution in [0, 0.1) is 20.8 Å². The Morgan fingerprint density at radius 2 is 1.74 bits per heavy atom. The molecule has 2 N–H and O–H groups in total. The van der Waals surface area contributed by atoms with Crippen molar-refractivity contribution in [2.24, 2.45) is 0 Å². The average Bonchev–Trinajstić information content (AvgIpc) is 2.30. The van der Waals surface area contributed by atoms with Crippen molar-refractivity contribution in [2.45, 2.75) is 20.8 Å². The molecule has 0 fully saturated rings. The number of carbonyl (C=O) groups is 1. The van der Waals surface area contributed by atoms with E-state index < -0.39 is 5.97 Å². The summed E-state index contributed by atoms with van der Waals surface area (Å²) in [6, 6.07) is 7.03. The minimum Gasteiger partial charge on any atom is -0.478 e. The molecule has 1 heterocycles. The summed E-state index contributed by atoms with van der Waals surface area (Å²) < 4.78 is 0. The average molecular weight is 257 g/mol. The van der Waals surface area contributed by atoms with Gasteiger partial charge in [-0.3, -0.25) is 0 Å². The zero-order valence-electron chi connectivity index (χ0n) is 11.1. The molecule has 19 heavy (non-hydrogen) atoms. The highest BCUT2D eigenvalue weighted by atomic mass is 16.4. The van der Waals surface area contributed by atoms with Crippen molar-refractivity contribution in [1.82, 2.24) is 9.97 Å². The first-order chi connectivity index (χ1) is 8.95. The molecule has 5 nitrogen and oxygen atoms in total. The lowest BCUT2D eigenvalue weighted by Gasteiger charge is -2.08. The Hall–Kier alpha value is -2.43. The van der Waals surface area contributed by atoms with Crippen molar-refractivity contribution in [2.75, 3.05) is 5.32 Å². The number of carboxylic acids is 1. The van der Waals surface area contributed by atoms with E-state index in [1.165, 1.54) is 0 Å². The third kappa shape index (κ3) is 3.07. The predicted octanol–water partition coefficient (Wildman–Crippen LogP) is 2.84. The Labute approximate surface area is 111 Å². The Morgan fingerprint density at radius 3 is 2.32 bits per heavy atom. The van der Waals surface area contributed by atoms with Crippen LogP contribution in [0.4, 0.5) is 11.6 Å². The molecule has 1 aromatic heterocycles. The Balaban J connectivity index is 2.33. The smallest absolute Gasteiger partial charge is 0.336 e. The highest BCUT2D eigenvalue weighted by Crippen LogP contribution is 2.18. The van der Waals surface area contributed by atoms with Crippen LogP contribution in [-0.2, 0) is 0 Å². The van der Waals surface area contributed by atoms with Gasteiger partial charge in [-0.2, -0.15) is 0 Å². The van der Waals surface area contributed by atoms with Gasteiger partial charge in [-0.25, -0.2) is 14.8 Å². The number of aryl methyl sites for hydroxylation is 3. The van der Waals surface area contributed by atoms with Crippen molar-refractivity contribution in [3.63, 3.8) is 0 Å². The maximum absolute atomic E-state index is 11.1. The number of benzene rings is 1. The summed E-state index contributed by atoms with van der Waals surface area (Å²) in [7, 11) is 0. The lowest BCUT2D eigenvalue weighted by Crippen LogP contribution is -2.03. The molecule has 2 aromatic rings. The summed E-state index contributed by atoms with van der Waals surface area (Å²) >= 11 is 0. The molecule has 0 radical (unpaired) electrons. The largest absolute Gasteiger partial charge is 0.478 e. The molecular formula is C14H15N3O2. The van der Waals surface area contributed by atoms with Crippen molar-refractivity contribution in [3.8, 4) is 0 Å². The number of anilines is 2. The second-order valence-electron chi connectivity index (χ2n) is 4.43. The molecule has 0 spiro atoms. The Morgan fingerprint density at radius 1 is 1.11 bits per heavy atom. The quantitative estimate of drug-likeness (QED) is 0.884. The summed E-state index contributed by atoms with van der Waals surface area (Å²) in [5, 5.41) is 12.1. The van der Waals surface area contributed by atoms with Gasteiger partial charge in [0.25, 0.3) is 0 Å². The fraction of sp³-hybridized carbons (Fsp3) is 0.214. The standard InChI is InChI=1S/C14H15N3O2/c1-8-4-5-11(7-12(8)13(18)19)17-14-15-9(2)6-10(3)16-14/h4-7H,1-3H3,(H,18,19)(H,15,16,17).